The smallest absolute Gasteiger partial charge is 0.273 e. The first-order valence-electron chi connectivity index (χ1n) is 11.1. The summed E-state index contributed by atoms with van der Waals surface area (Å²) in [5, 5.41) is 1.81. The first kappa shape index (κ1) is 20.6. The van der Waals surface area contributed by atoms with Gasteiger partial charge in [0.15, 0.2) is 0 Å². The van der Waals surface area contributed by atoms with Crippen LogP contribution < -0.4 is 0 Å². The van der Waals surface area contributed by atoms with Gasteiger partial charge in [-0.3, -0.25) is 19.5 Å². The Hall–Kier alpha value is -2.32. The van der Waals surface area contributed by atoms with Crippen LogP contribution in [0.1, 0.15) is 48.2 Å². The fourth-order valence-corrected chi connectivity index (χ4v) is 6.32. The Morgan fingerprint density at radius 2 is 1.94 bits per heavy atom. The van der Waals surface area contributed by atoms with Gasteiger partial charge >= 0.3 is 0 Å². The van der Waals surface area contributed by atoms with Crippen LogP contribution in [0.4, 0.5) is 0 Å². The van der Waals surface area contributed by atoms with Gasteiger partial charge in [0.2, 0.25) is 5.91 Å². The Kier molecular flexibility index (Phi) is 5.30. The van der Waals surface area contributed by atoms with Crippen LogP contribution in [0, 0.1) is 5.41 Å². The normalized spacial score (nSPS) is 23.1. The van der Waals surface area contributed by atoms with Crippen LogP contribution in [-0.4, -0.2) is 75.2 Å². The molecule has 0 bridgehead atoms. The minimum atomic E-state index is -0.235. The molecule has 0 radical (unpaired) electrons. The van der Waals surface area contributed by atoms with Crippen LogP contribution in [0.3, 0.4) is 0 Å². The van der Waals surface area contributed by atoms with Crippen LogP contribution in [-0.2, 0) is 11.3 Å². The molecule has 3 saturated heterocycles. The van der Waals surface area contributed by atoms with Gasteiger partial charge in [0, 0.05) is 50.0 Å². The van der Waals surface area contributed by atoms with E-state index in [9.17, 15) is 9.59 Å². The Morgan fingerprint density at radius 3 is 2.58 bits per heavy atom. The summed E-state index contributed by atoms with van der Waals surface area (Å²) < 4.78 is 0. The molecule has 0 N–H and O–H groups in total. The first-order valence-corrected chi connectivity index (χ1v) is 12.0. The summed E-state index contributed by atoms with van der Waals surface area (Å²) in [7, 11) is 1.98. The molecule has 2 aromatic heterocycles. The third kappa shape index (κ3) is 3.65. The van der Waals surface area contributed by atoms with Crippen molar-refractivity contribution < 1.29 is 9.59 Å². The SMILES string of the molecule is CN1C(=O)C2(CCN(Cc3cccnc3)CC2)CC12CCN(C(=O)c1cscn1)CC2. The average molecular weight is 440 g/mol. The number of carbonyl (C=O) groups excluding carboxylic acids is 2. The third-order valence-corrected chi connectivity index (χ3v) is 8.30. The molecule has 164 valence electrons. The van der Waals surface area contributed by atoms with Crippen molar-refractivity contribution in [3.05, 3.63) is 46.7 Å². The van der Waals surface area contributed by atoms with Gasteiger partial charge in [0.25, 0.3) is 5.91 Å². The number of nitrogens with zero attached hydrogens (tertiary/aromatic N) is 5. The molecule has 2 amide bonds. The number of carbonyl (C=O) groups is 2. The molecule has 0 atom stereocenters. The van der Waals surface area contributed by atoms with Gasteiger partial charge in [0.1, 0.15) is 5.69 Å². The van der Waals surface area contributed by atoms with E-state index in [1.165, 1.54) is 16.9 Å². The molecule has 3 aliphatic rings. The van der Waals surface area contributed by atoms with Crippen LogP contribution in [0.15, 0.2) is 35.4 Å². The zero-order valence-electron chi connectivity index (χ0n) is 18.0. The summed E-state index contributed by atoms with van der Waals surface area (Å²) in [4.78, 5) is 40.9. The topological polar surface area (TPSA) is 69.6 Å². The van der Waals surface area contributed by atoms with Crippen molar-refractivity contribution in [2.75, 3.05) is 33.2 Å². The van der Waals surface area contributed by atoms with Gasteiger partial charge in [-0.15, -0.1) is 11.3 Å². The van der Waals surface area contributed by atoms with E-state index in [4.69, 9.17) is 0 Å². The van der Waals surface area contributed by atoms with Crippen molar-refractivity contribution in [3.63, 3.8) is 0 Å². The van der Waals surface area contributed by atoms with Crippen LogP contribution in [0.2, 0.25) is 0 Å². The molecular formula is C23H29N5O2S. The fraction of sp³-hybridized carbons (Fsp3) is 0.565. The summed E-state index contributed by atoms with van der Waals surface area (Å²) >= 11 is 1.45. The van der Waals surface area contributed by atoms with E-state index in [1.54, 1.807) is 11.7 Å². The van der Waals surface area contributed by atoms with Gasteiger partial charge in [-0.25, -0.2) is 4.98 Å². The number of hydrogen-bond acceptors (Lipinski definition) is 6. The van der Waals surface area contributed by atoms with Crippen LogP contribution in [0.25, 0.3) is 0 Å². The van der Waals surface area contributed by atoms with Crippen LogP contribution in [0.5, 0.6) is 0 Å². The monoisotopic (exact) mass is 439 g/mol. The quantitative estimate of drug-likeness (QED) is 0.735. The van der Waals surface area contributed by atoms with E-state index >= 15 is 0 Å². The Bertz CT molecular complexity index is 932. The average Bonchev–Trinajstić information content (AvgIpc) is 3.40. The number of hydrogen-bond donors (Lipinski definition) is 0. The molecule has 5 rings (SSSR count). The molecule has 0 aromatic carbocycles. The van der Waals surface area contributed by atoms with E-state index in [0.717, 1.165) is 51.7 Å². The molecule has 5 heterocycles. The minimum absolute atomic E-state index is 0.0153. The highest BCUT2D eigenvalue weighted by Gasteiger charge is 2.58. The van der Waals surface area contributed by atoms with Crippen molar-refractivity contribution in [3.8, 4) is 0 Å². The van der Waals surface area contributed by atoms with Crippen molar-refractivity contribution >= 4 is 23.2 Å². The Morgan fingerprint density at radius 1 is 1.16 bits per heavy atom. The molecule has 3 aliphatic heterocycles. The Labute approximate surface area is 187 Å². The minimum Gasteiger partial charge on any atom is -0.339 e. The zero-order chi connectivity index (χ0) is 21.5. The van der Waals surface area contributed by atoms with Crippen molar-refractivity contribution in [2.24, 2.45) is 5.41 Å². The number of likely N-dealkylation sites (tertiary alicyclic amines) is 3. The van der Waals surface area contributed by atoms with E-state index < -0.39 is 0 Å². The molecule has 7 nitrogen and oxygen atoms in total. The fourth-order valence-electron chi connectivity index (χ4n) is 5.79. The van der Waals surface area contributed by atoms with E-state index in [2.05, 4.69) is 20.9 Å². The molecular weight excluding hydrogens is 410 g/mol. The third-order valence-electron chi connectivity index (χ3n) is 7.71. The molecule has 31 heavy (non-hydrogen) atoms. The number of rotatable bonds is 3. The molecule has 2 aromatic rings. The predicted molar refractivity (Wildman–Crippen MR) is 119 cm³/mol. The molecule has 3 fully saturated rings. The van der Waals surface area contributed by atoms with Gasteiger partial charge in [0.05, 0.1) is 10.9 Å². The number of piperidine rings is 2. The lowest BCUT2D eigenvalue weighted by Gasteiger charge is -2.43. The largest absolute Gasteiger partial charge is 0.339 e. The maximum Gasteiger partial charge on any atom is 0.273 e. The number of amides is 2. The summed E-state index contributed by atoms with van der Waals surface area (Å²) in [6, 6.07) is 4.09. The lowest BCUT2D eigenvalue weighted by molar-refractivity contribution is -0.139. The molecule has 2 spiro atoms. The summed E-state index contributed by atoms with van der Waals surface area (Å²) in [5.41, 5.74) is 3.12. The second-order valence-electron chi connectivity index (χ2n) is 9.35. The summed E-state index contributed by atoms with van der Waals surface area (Å²) in [5.74, 6) is 0.328. The number of thiazole rings is 1. The standard InChI is InChI=1S/C23H29N5O2S/c1-26-21(30)22(4-9-27(10-5-22)14-18-3-2-8-24-13-18)16-23(26)6-11-28(12-7-23)20(29)19-15-31-17-25-19/h2-3,8,13,15,17H,4-7,9-12,14,16H2,1H3. The highest BCUT2D eigenvalue weighted by atomic mass is 32.1. The van der Waals surface area contributed by atoms with Gasteiger partial charge in [-0.05, 0) is 56.8 Å². The van der Waals surface area contributed by atoms with Gasteiger partial charge in [-0.1, -0.05) is 6.07 Å². The maximum absolute atomic E-state index is 13.4. The molecule has 0 aliphatic carbocycles. The Balaban J connectivity index is 1.22. The molecule has 0 unspecified atom stereocenters. The van der Waals surface area contributed by atoms with Crippen molar-refractivity contribution in [1.82, 2.24) is 24.7 Å². The highest BCUT2D eigenvalue weighted by Crippen LogP contribution is 2.52. The number of pyridine rings is 1. The summed E-state index contributed by atoms with van der Waals surface area (Å²) in [6.07, 6.45) is 8.19. The zero-order valence-corrected chi connectivity index (χ0v) is 18.8. The predicted octanol–water partition coefficient (Wildman–Crippen LogP) is 2.66. The summed E-state index contributed by atoms with van der Waals surface area (Å²) in [6.45, 7) is 4.17. The lowest BCUT2D eigenvalue weighted by Crippen LogP contribution is -2.52. The first-order chi connectivity index (χ1) is 15.0. The second kappa shape index (κ2) is 7.98. The highest BCUT2D eigenvalue weighted by molar-refractivity contribution is 7.07. The maximum atomic E-state index is 13.4. The van der Waals surface area contributed by atoms with Crippen molar-refractivity contribution in [2.45, 2.75) is 44.2 Å². The second-order valence-corrected chi connectivity index (χ2v) is 10.1. The van der Waals surface area contributed by atoms with Crippen LogP contribution >= 0.6 is 11.3 Å². The lowest BCUT2D eigenvalue weighted by atomic mass is 9.71. The van der Waals surface area contributed by atoms with Gasteiger partial charge < -0.3 is 9.80 Å². The molecule has 0 saturated carbocycles. The molecule has 8 heteroatoms. The number of aromatic nitrogens is 2. The van der Waals surface area contributed by atoms with Crippen molar-refractivity contribution in [1.29, 1.82) is 0 Å². The van der Waals surface area contributed by atoms with E-state index in [1.807, 2.05) is 34.5 Å². The van der Waals surface area contributed by atoms with E-state index in [-0.39, 0.29) is 16.9 Å². The van der Waals surface area contributed by atoms with E-state index in [0.29, 0.717) is 24.7 Å². The van der Waals surface area contributed by atoms with Gasteiger partial charge in [-0.2, -0.15) is 0 Å².